The summed E-state index contributed by atoms with van der Waals surface area (Å²) < 4.78 is 107. The van der Waals surface area contributed by atoms with Crippen LogP contribution in [0.1, 0.15) is 98.0 Å². The molecule has 4 heterocycles. The average Bonchev–Trinajstić information content (AvgIpc) is 4.09. The van der Waals surface area contributed by atoms with E-state index in [4.69, 9.17) is 18.9 Å². The van der Waals surface area contributed by atoms with Gasteiger partial charge < -0.3 is 34.5 Å². The summed E-state index contributed by atoms with van der Waals surface area (Å²) in [5, 5.41) is 6.01. The molecule has 0 spiro atoms. The molecule has 3 aliphatic heterocycles. The Kier molecular flexibility index (Phi) is 12.4. The summed E-state index contributed by atoms with van der Waals surface area (Å²) >= 11 is 0. The molecule has 3 fully saturated rings. The van der Waals surface area contributed by atoms with Gasteiger partial charge in [0.2, 0.25) is 39.2 Å². The van der Waals surface area contributed by atoms with Crippen LogP contribution in [-0.2, 0) is 35.6 Å². The highest BCUT2D eigenvalue weighted by molar-refractivity contribution is 7.91. The quantitative estimate of drug-likeness (QED) is 0.205. The monoisotopic (exact) mass is 909 g/mol. The summed E-state index contributed by atoms with van der Waals surface area (Å²) in [4.78, 5) is 62.8. The fraction of sp³-hybridized carbons (Fsp3) is 0.651. The number of methoxy groups -OCH3 is 1. The lowest BCUT2D eigenvalue weighted by Crippen LogP contribution is -2.60. The maximum Gasteiger partial charge on any atom is 0.427 e. The van der Waals surface area contributed by atoms with Gasteiger partial charge >= 0.3 is 12.3 Å². The zero-order valence-electron chi connectivity index (χ0n) is 36.2. The molecule has 2 aliphatic carbocycles. The van der Waals surface area contributed by atoms with E-state index in [2.05, 4.69) is 20.3 Å². The lowest BCUT2D eigenvalue weighted by molar-refractivity contribution is -0.244. The number of allylic oxidation sites excluding steroid dienone is 1. The molecular weight excluding hydrogens is 855 g/mol. The second kappa shape index (κ2) is 16.9. The van der Waals surface area contributed by atoms with Crippen LogP contribution in [0.5, 0.6) is 17.5 Å². The van der Waals surface area contributed by atoms with E-state index in [1.54, 1.807) is 13.0 Å². The summed E-state index contributed by atoms with van der Waals surface area (Å²) in [6.07, 6.45) is -0.319. The number of nitrogens with one attached hydrogen (secondary N) is 3. The molecule has 7 rings (SSSR count). The molecule has 0 unspecified atom stereocenters. The van der Waals surface area contributed by atoms with Gasteiger partial charge in [-0.25, -0.2) is 17.6 Å². The number of amides is 4. The van der Waals surface area contributed by atoms with Crippen molar-refractivity contribution < 1.29 is 64.1 Å². The van der Waals surface area contributed by atoms with Crippen molar-refractivity contribution >= 4 is 44.6 Å². The molecule has 63 heavy (non-hydrogen) atoms. The Labute approximate surface area is 363 Å². The predicted octanol–water partition coefficient (Wildman–Crippen LogP) is 5.77. The van der Waals surface area contributed by atoms with Gasteiger partial charge in [-0.15, -0.1) is 0 Å². The maximum atomic E-state index is 15.3. The van der Waals surface area contributed by atoms with Gasteiger partial charge in [0.15, 0.2) is 11.6 Å². The third-order valence-electron chi connectivity index (χ3n) is 13.3. The fourth-order valence-electron chi connectivity index (χ4n) is 8.76. The van der Waals surface area contributed by atoms with Crippen molar-refractivity contribution in [1.29, 1.82) is 0 Å². The second-order valence-electron chi connectivity index (χ2n) is 18.4. The largest absolute Gasteiger partial charge is 0.494 e. The maximum absolute atomic E-state index is 15.3. The number of sulfonamides is 1. The Bertz CT molecular complexity index is 2300. The fourth-order valence-corrected chi connectivity index (χ4v) is 10.1. The Hall–Kier alpha value is -4.88. The number of benzene rings is 1. The van der Waals surface area contributed by atoms with Gasteiger partial charge in [-0.3, -0.25) is 19.1 Å². The molecule has 2 saturated carbocycles. The number of ether oxygens (including phenoxy) is 4. The van der Waals surface area contributed by atoms with E-state index < -0.39 is 91.7 Å². The number of alkyl carbamates (subject to hydrolysis) is 1. The van der Waals surface area contributed by atoms with E-state index in [0.29, 0.717) is 82.8 Å². The standard InChI is InChI=1S/C43H55F4N5O10S/c1-7-24-17-23(2)11-8-9-12-25-21-42(25,38(55)51-63(57,58)41(5)14-15-41)50-34(53)31-18-26(22-52(31)37(54)33(24)48-39(56)62-40(3,4)43(45,46)47)61-36-29-19-30(44)32(59-6)20-28(29)27-13-10-16-60-35(27)49-36/h9,12,19-20,23-26,31,33H,7-8,10-11,13-18,21-22H2,1-6H3,(H,48,56)(H,50,53)(H,51,55)/b12-9-/t23-,24-,25-,26-,31+,33+,42-/m1/s1. The predicted molar refractivity (Wildman–Crippen MR) is 220 cm³/mol. The number of aromatic nitrogens is 1. The first-order valence-corrected chi connectivity index (χ1v) is 22.9. The van der Waals surface area contributed by atoms with Gasteiger partial charge in [0, 0.05) is 23.3 Å². The number of nitrogens with zero attached hydrogens (tertiary/aromatic N) is 2. The number of fused-ring (bicyclic) bond motifs is 5. The minimum absolute atomic E-state index is 0.0258. The van der Waals surface area contributed by atoms with Crippen LogP contribution in [0, 0.1) is 23.6 Å². The van der Waals surface area contributed by atoms with Gasteiger partial charge in [-0.2, -0.15) is 18.2 Å². The van der Waals surface area contributed by atoms with E-state index in [1.165, 1.54) is 26.2 Å². The van der Waals surface area contributed by atoms with Crippen molar-refractivity contribution in [2.45, 2.75) is 139 Å². The van der Waals surface area contributed by atoms with Crippen LogP contribution in [0.15, 0.2) is 24.3 Å². The molecule has 1 saturated heterocycles. The topological polar surface area (TPSA) is 192 Å². The number of carbonyl (C=O) groups excluding carboxylic acids is 4. The highest BCUT2D eigenvalue weighted by atomic mass is 32.2. The van der Waals surface area contributed by atoms with Crippen LogP contribution >= 0.6 is 0 Å². The van der Waals surface area contributed by atoms with Crippen molar-refractivity contribution in [2.75, 3.05) is 20.3 Å². The van der Waals surface area contributed by atoms with Crippen molar-refractivity contribution in [1.82, 2.24) is 25.2 Å². The zero-order chi connectivity index (χ0) is 45.9. The lowest BCUT2D eigenvalue weighted by atomic mass is 9.85. The van der Waals surface area contributed by atoms with E-state index in [0.717, 1.165) is 4.90 Å². The highest BCUT2D eigenvalue weighted by Gasteiger charge is 2.63. The number of hydrogen-bond donors (Lipinski definition) is 3. The molecule has 20 heteroatoms. The van der Waals surface area contributed by atoms with Gasteiger partial charge in [-0.1, -0.05) is 32.4 Å². The molecule has 7 atom stereocenters. The number of hydrogen-bond acceptors (Lipinski definition) is 11. The van der Waals surface area contributed by atoms with E-state index in [9.17, 15) is 36.0 Å². The van der Waals surface area contributed by atoms with Crippen molar-refractivity contribution in [3.8, 4) is 17.5 Å². The average molecular weight is 910 g/mol. The third-order valence-corrected chi connectivity index (χ3v) is 15.5. The Morgan fingerprint density at radius 1 is 1.13 bits per heavy atom. The number of halogens is 4. The highest BCUT2D eigenvalue weighted by Crippen LogP contribution is 2.48. The van der Waals surface area contributed by atoms with E-state index in [1.807, 2.05) is 13.0 Å². The summed E-state index contributed by atoms with van der Waals surface area (Å²) in [6.45, 7) is 6.63. The van der Waals surface area contributed by atoms with Crippen LogP contribution in [0.4, 0.5) is 22.4 Å². The first-order chi connectivity index (χ1) is 29.5. The third kappa shape index (κ3) is 9.10. The number of alkyl halides is 3. The molecular formula is C43H55F4N5O10S. The molecule has 1 aromatic carbocycles. The number of pyridine rings is 1. The van der Waals surface area contributed by atoms with Crippen LogP contribution in [-0.4, -0.2) is 103 Å². The van der Waals surface area contributed by atoms with Crippen LogP contribution < -0.4 is 29.6 Å². The number of carbonyl (C=O) groups is 4. The SMILES string of the molecule is CC[C@@H]1C[C@H](C)CC/C=C\[C@@H]2C[C@@]2(C(=O)NS(=O)(=O)C2(C)CC2)NC(=O)[C@@H]2C[C@@H](Oc3nc4c(c5cc(OC)c(F)cc35)CCCO4)CN2C(=O)[C@H]1NC(=O)OC(C)(C)C(F)(F)F. The Morgan fingerprint density at radius 3 is 2.52 bits per heavy atom. The first kappa shape index (κ1) is 46.1. The van der Waals surface area contributed by atoms with Crippen molar-refractivity contribution in [3.05, 3.63) is 35.7 Å². The zero-order valence-corrected chi connectivity index (χ0v) is 37.0. The lowest BCUT2D eigenvalue weighted by Gasteiger charge is -2.35. The molecule has 0 bridgehead atoms. The molecule has 5 aliphatic rings. The Morgan fingerprint density at radius 2 is 1.86 bits per heavy atom. The number of aryl methyl sites for hydroxylation is 1. The summed E-state index contributed by atoms with van der Waals surface area (Å²) in [7, 11) is -2.79. The molecule has 4 amide bonds. The van der Waals surface area contributed by atoms with Crippen LogP contribution in [0.2, 0.25) is 0 Å². The molecule has 15 nitrogen and oxygen atoms in total. The van der Waals surface area contributed by atoms with Crippen molar-refractivity contribution in [2.24, 2.45) is 17.8 Å². The van der Waals surface area contributed by atoms with Crippen LogP contribution in [0.3, 0.4) is 0 Å². The number of rotatable bonds is 9. The van der Waals surface area contributed by atoms with Gasteiger partial charge in [0.05, 0.1) is 25.0 Å². The molecule has 0 radical (unpaired) electrons. The van der Waals surface area contributed by atoms with E-state index in [-0.39, 0.29) is 48.2 Å². The van der Waals surface area contributed by atoms with Gasteiger partial charge in [0.25, 0.3) is 5.91 Å². The molecule has 346 valence electrons. The normalized spacial score (nSPS) is 29.0. The second-order valence-corrected chi connectivity index (χ2v) is 20.6. The van der Waals surface area contributed by atoms with Gasteiger partial charge in [0.1, 0.15) is 23.7 Å². The minimum Gasteiger partial charge on any atom is -0.494 e. The van der Waals surface area contributed by atoms with E-state index >= 15 is 9.18 Å². The summed E-state index contributed by atoms with van der Waals surface area (Å²) in [5.41, 5.74) is -3.92. The Balaban J connectivity index is 1.27. The molecule has 2 aromatic rings. The summed E-state index contributed by atoms with van der Waals surface area (Å²) in [6, 6.07) is -0.188. The first-order valence-electron chi connectivity index (χ1n) is 21.4. The molecule has 3 N–H and O–H groups in total. The smallest absolute Gasteiger partial charge is 0.427 e. The molecule has 1 aromatic heterocycles. The van der Waals surface area contributed by atoms with Gasteiger partial charge in [-0.05, 0) is 101 Å². The van der Waals surface area contributed by atoms with Crippen molar-refractivity contribution in [3.63, 3.8) is 0 Å². The summed E-state index contributed by atoms with van der Waals surface area (Å²) in [5.74, 6) is -4.45. The van der Waals surface area contributed by atoms with Crippen LogP contribution in [0.25, 0.3) is 10.8 Å². The minimum atomic E-state index is -4.95.